The standard InChI is InChI=1S/C31H39FN2O5/c1-2-6-21-11-15-25(21)33-20-26(31(37)23-12-16-28-29(19-23)39-18-17-38-28)34-30(36)8-5-3-4-7-27(35)22-9-13-24(32)14-10-22/h9-10,12-14,16,19,21,26,31,37H,2-8,11,15,17-18,20H2,1H3,(H,34,36)/b33-25-/t21?,26-,31-/m1/s1. The molecule has 1 amide bonds. The summed E-state index contributed by atoms with van der Waals surface area (Å²) in [6.07, 6.45) is 6.05. The topological polar surface area (TPSA) is 97.2 Å². The second kappa shape index (κ2) is 14.2. The third kappa shape index (κ3) is 8.12. The number of halogens is 1. The summed E-state index contributed by atoms with van der Waals surface area (Å²) >= 11 is 0. The fourth-order valence-electron chi connectivity index (χ4n) is 5.07. The van der Waals surface area contributed by atoms with E-state index in [1.807, 2.05) is 0 Å². The van der Waals surface area contributed by atoms with Crippen molar-refractivity contribution in [3.05, 3.63) is 59.4 Å². The van der Waals surface area contributed by atoms with Crippen molar-refractivity contribution in [2.45, 2.75) is 76.9 Å². The zero-order valence-corrected chi connectivity index (χ0v) is 22.7. The number of aliphatic hydroxyl groups is 1. The molecule has 1 heterocycles. The van der Waals surface area contributed by atoms with Crippen LogP contribution in [0.2, 0.25) is 0 Å². The number of hydrogen-bond acceptors (Lipinski definition) is 6. The normalized spacial score (nSPS) is 18.7. The summed E-state index contributed by atoms with van der Waals surface area (Å²) in [5.74, 6) is 1.20. The maximum Gasteiger partial charge on any atom is 0.220 e. The lowest BCUT2D eigenvalue weighted by molar-refractivity contribution is -0.122. The van der Waals surface area contributed by atoms with Crippen LogP contribution in [0.15, 0.2) is 47.5 Å². The first-order chi connectivity index (χ1) is 18.9. The van der Waals surface area contributed by atoms with Crippen LogP contribution in [0.25, 0.3) is 0 Å². The molecule has 2 aromatic carbocycles. The van der Waals surface area contributed by atoms with E-state index in [-0.39, 0.29) is 17.5 Å². The molecule has 2 aromatic rings. The molecule has 0 saturated heterocycles. The molecular formula is C31H39FN2O5. The molecule has 0 aromatic heterocycles. The number of rotatable bonds is 14. The van der Waals surface area contributed by atoms with Gasteiger partial charge in [-0.1, -0.05) is 25.8 Å². The number of aliphatic imine (C=N–C) groups is 1. The lowest BCUT2D eigenvalue weighted by atomic mass is 9.80. The van der Waals surface area contributed by atoms with E-state index in [1.54, 1.807) is 18.2 Å². The Kier molecular flexibility index (Phi) is 10.5. The van der Waals surface area contributed by atoms with Crippen LogP contribution in [-0.4, -0.2) is 48.3 Å². The Balaban J connectivity index is 1.30. The van der Waals surface area contributed by atoms with Crippen LogP contribution in [-0.2, 0) is 4.79 Å². The van der Waals surface area contributed by atoms with Crippen molar-refractivity contribution in [3.8, 4) is 11.5 Å². The summed E-state index contributed by atoms with van der Waals surface area (Å²) < 4.78 is 24.3. The number of carbonyl (C=O) groups is 2. The van der Waals surface area contributed by atoms with E-state index in [1.165, 1.54) is 30.0 Å². The number of benzene rings is 2. The van der Waals surface area contributed by atoms with Gasteiger partial charge in [-0.2, -0.15) is 0 Å². The zero-order valence-electron chi connectivity index (χ0n) is 22.7. The van der Waals surface area contributed by atoms with Gasteiger partial charge in [0, 0.05) is 24.1 Å². The molecule has 0 spiro atoms. The second-order valence-corrected chi connectivity index (χ2v) is 10.4. The zero-order chi connectivity index (χ0) is 27.6. The first-order valence-corrected chi connectivity index (χ1v) is 14.1. The average molecular weight is 539 g/mol. The first kappa shape index (κ1) is 28.7. The summed E-state index contributed by atoms with van der Waals surface area (Å²) in [5, 5.41) is 14.3. The van der Waals surface area contributed by atoms with Gasteiger partial charge in [-0.15, -0.1) is 0 Å². The molecule has 0 radical (unpaired) electrons. The highest BCUT2D eigenvalue weighted by Gasteiger charge is 2.28. The molecule has 0 bridgehead atoms. The largest absolute Gasteiger partial charge is 0.486 e. The van der Waals surface area contributed by atoms with Gasteiger partial charge in [-0.3, -0.25) is 14.6 Å². The molecular weight excluding hydrogens is 499 g/mol. The van der Waals surface area contributed by atoms with E-state index in [2.05, 4.69) is 12.2 Å². The number of fused-ring (bicyclic) bond motifs is 1. The van der Waals surface area contributed by atoms with Gasteiger partial charge in [-0.25, -0.2) is 4.39 Å². The van der Waals surface area contributed by atoms with Gasteiger partial charge >= 0.3 is 0 Å². The lowest BCUT2D eigenvalue weighted by Crippen LogP contribution is -2.42. The van der Waals surface area contributed by atoms with E-state index >= 15 is 0 Å². The number of nitrogens with zero attached hydrogens (tertiary/aromatic N) is 1. The molecule has 4 rings (SSSR count). The summed E-state index contributed by atoms with van der Waals surface area (Å²) in [6.45, 7) is 3.42. The first-order valence-electron chi connectivity index (χ1n) is 14.1. The predicted octanol–water partition coefficient (Wildman–Crippen LogP) is 5.60. The van der Waals surface area contributed by atoms with Gasteiger partial charge in [-0.05, 0) is 80.0 Å². The van der Waals surface area contributed by atoms with Crippen LogP contribution in [0.1, 0.15) is 86.7 Å². The van der Waals surface area contributed by atoms with Gasteiger partial charge in [0.05, 0.1) is 12.6 Å². The number of amides is 1. The number of unbranched alkanes of at least 4 members (excludes halogenated alkanes) is 2. The molecule has 39 heavy (non-hydrogen) atoms. The number of ketones is 1. The summed E-state index contributed by atoms with van der Waals surface area (Å²) in [7, 11) is 0. The molecule has 1 aliphatic heterocycles. The maximum absolute atomic E-state index is 13.1. The van der Waals surface area contributed by atoms with Crippen LogP contribution in [0.4, 0.5) is 4.39 Å². The summed E-state index contributed by atoms with van der Waals surface area (Å²) in [4.78, 5) is 29.9. The molecule has 210 valence electrons. The lowest BCUT2D eigenvalue weighted by Gasteiger charge is -2.30. The van der Waals surface area contributed by atoms with Crippen molar-refractivity contribution in [3.63, 3.8) is 0 Å². The second-order valence-electron chi connectivity index (χ2n) is 10.4. The number of Topliss-reactive ketones (excluding diaryl/α,β-unsaturated/α-hetero) is 1. The minimum Gasteiger partial charge on any atom is -0.486 e. The Bertz CT molecular complexity index is 1150. The summed E-state index contributed by atoms with van der Waals surface area (Å²) in [5.41, 5.74) is 2.32. The molecule has 1 aliphatic carbocycles. The molecule has 2 aliphatic rings. The highest BCUT2D eigenvalue weighted by Crippen LogP contribution is 2.34. The van der Waals surface area contributed by atoms with E-state index in [0.717, 1.165) is 32.1 Å². The van der Waals surface area contributed by atoms with E-state index in [0.29, 0.717) is 74.0 Å². The Hall–Kier alpha value is -3.26. The van der Waals surface area contributed by atoms with E-state index in [9.17, 15) is 19.1 Å². The number of nitrogens with one attached hydrogen (secondary N) is 1. The minimum atomic E-state index is -0.952. The monoisotopic (exact) mass is 538 g/mol. The Labute approximate surface area is 229 Å². The average Bonchev–Trinajstić information content (AvgIpc) is 2.94. The van der Waals surface area contributed by atoms with Crippen molar-refractivity contribution in [2.75, 3.05) is 19.8 Å². The highest BCUT2D eigenvalue weighted by molar-refractivity contribution is 5.96. The molecule has 1 unspecified atom stereocenters. The van der Waals surface area contributed by atoms with Crippen LogP contribution in [0.5, 0.6) is 11.5 Å². The molecule has 7 nitrogen and oxygen atoms in total. The summed E-state index contributed by atoms with van der Waals surface area (Å²) in [6, 6.07) is 10.3. The minimum absolute atomic E-state index is 0.0291. The SMILES string of the molecule is CCCC1CC/C1=N/C[C@@H](NC(=O)CCCCCC(=O)c1ccc(F)cc1)[C@H](O)c1ccc2c(c1)OCCO2. The smallest absolute Gasteiger partial charge is 0.220 e. The molecule has 1 saturated carbocycles. The van der Waals surface area contributed by atoms with Crippen LogP contribution < -0.4 is 14.8 Å². The quantitative estimate of drug-likeness (QED) is 0.241. The number of ether oxygens (including phenoxy) is 2. The molecule has 3 atom stereocenters. The van der Waals surface area contributed by atoms with Gasteiger partial charge in [0.15, 0.2) is 17.3 Å². The number of aliphatic hydroxyl groups excluding tert-OH is 1. The Morgan fingerprint density at radius 1 is 1.05 bits per heavy atom. The van der Waals surface area contributed by atoms with Crippen molar-refractivity contribution in [1.82, 2.24) is 5.32 Å². The van der Waals surface area contributed by atoms with Crippen molar-refractivity contribution < 1.29 is 28.6 Å². The third-order valence-electron chi connectivity index (χ3n) is 7.46. The fraction of sp³-hybridized carbons (Fsp3) is 0.516. The van der Waals surface area contributed by atoms with E-state index in [4.69, 9.17) is 14.5 Å². The third-order valence-corrected chi connectivity index (χ3v) is 7.46. The van der Waals surface area contributed by atoms with Gasteiger partial charge in [0.2, 0.25) is 5.91 Å². The number of hydrogen-bond donors (Lipinski definition) is 2. The van der Waals surface area contributed by atoms with Crippen molar-refractivity contribution >= 4 is 17.4 Å². The van der Waals surface area contributed by atoms with Crippen LogP contribution in [0.3, 0.4) is 0 Å². The van der Waals surface area contributed by atoms with Crippen LogP contribution in [0, 0.1) is 11.7 Å². The van der Waals surface area contributed by atoms with Gasteiger partial charge in [0.25, 0.3) is 0 Å². The Morgan fingerprint density at radius 3 is 2.51 bits per heavy atom. The van der Waals surface area contributed by atoms with Gasteiger partial charge in [0.1, 0.15) is 25.1 Å². The maximum atomic E-state index is 13.1. The van der Waals surface area contributed by atoms with Gasteiger partial charge < -0.3 is 19.9 Å². The number of carbonyl (C=O) groups excluding carboxylic acids is 2. The molecule has 8 heteroatoms. The highest BCUT2D eigenvalue weighted by atomic mass is 19.1. The van der Waals surface area contributed by atoms with Crippen molar-refractivity contribution in [2.24, 2.45) is 10.9 Å². The Morgan fingerprint density at radius 2 is 1.79 bits per heavy atom. The van der Waals surface area contributed by atoms with Crippen molar-refractivity contribution in [1.29, 1.82) is 0 Å². The van der Waals surface area contributed by atoms with E-state index < -0.39 is 12.1 Å². The predicted molar refractivity (Wildman–Crippen MR) is 148 cm³/mol. The fourth-order valence-corrected chi connectivity index (χ4v) is 5.07. The molecule has 1 fully saturated rings. The molecule has 2 N–H and O–H groups in total. The van der Waals surface area contributed by atoms with Crippen LogP contribution >= 0.6 is 0 Å².